The molecule has 4 atom stereocenters. The standard InChI is InChI=1S/C23H23N.C13H11N.C10H14BrN/c1-17-18(2)24(22-16-10-9-15-21(17)22)23(19-11-5-3-6-12-19)20-13-7-4-8-14-20;14-13(11-7-3-1-4-8-11)12-9-5-2-6-10-12;1-7(8(2)12)9-5-3-4-6-10(9)11/h3-18,23H,1-2H3;1-10,14H;3-8H,12H2,1-2H3/t17-,18-;;7-,8-/m0.0/s1. The Balaban J connectivity index is 0.000000159. The van der Waals surface area contributed by atoms with Gasteiger partial charge in [-0.15, -0.1) is 0 Å². The van der Waals surface area contributed by atoms with Crippen molar-refractivity contribution in [1.29, 1.82) is 5.41 Å². The van der Waals surface area contributed by atoms with Crippen molar-refractivity contribution in [2.24, 2.45) is 5.73 Å². The summed E-state index contributed by atoms with van der Waals surface area (Å²) in [5.41, 5.74) is 15.1. The summed E-state index contributed by atoms with van der Waals surface area (Å²) in [4.78, 5) is 2.60. The second kappa shape index (κ2) is 17.8. The van der Waals surface area contributed by atoms with Crippen LogP contribution in [0.1, 0.15) is 79.0 Å². The maximum absolute atomic E-state index is 7.97. The van der Waals surface area contributed by atoms with Crippen LogP contribution in [0.3, 0.4) is 0 Å². The van der Waals surface area contributed by atoms with Crippen molar-refractivity contribution in [2.75, 3.05) is 4.90 Å². The number of hydrogen-bond acceptors (Lipinski definition) is 3. The van der Waals surface area contributed by atoms with Gasteiger partial charge in [0.2, 0.25) is 0 Å². The van der Waals surface area contributed by atoms with E-state index in [9.17, 15) is 0 Å². The van der Waals surface area contributed by atoms with E-state index in [1.54, 1.807) is 0 Å². The van der Waals surface area contributed by atoms with Crippen LogP contribution in [-0.2, 0) is 0 Å². The number of rotatable bonds is 7. The fourth-order valence-corrected chi connectivity index (χ4v) is 7.14. The minimum atomic E-state index is 0.198. The average Bonchev–Trinajstić information content (AvgIpc) is 3.42. The Morgan fingerprint density at radius 1 is 0.600 bits per heavy atom. The largest absolute Gasteiger partial charge is 0.357 e. The normalized spacial score (nSPS) is 15.9. The molecule has 1 aliphatic heterocycles. The molecule has 6 aromatic rings. The third-order valence-corrected chi connectivity index (χ3v) is 10.4. The fourth-order valence-electron chi connectivity index (χ4n) is 6.49. The highest BCUT2D eigenvalue weighted by atomic mass is 79.9. The van der Waals surface area contributed by atoms with Crippen LogP contribution in [0.15, 0.2) is 174 Å². The molecule has 0 saturated heterocycles. The minimum absolute atomic E-state index is 0.198. The van der Waals surface area contributed by atoms with Crippen molar-refractivity contribution >= 4 is 27.3 Å². The highest BCUT2D eigenvalue weighted by molar-refractivity contribution is 9.10. The highest BCUT2D eigenvalue weighted by Crippen LogP contribution is 2.46. The molecular formula is C46H48BrN3. The number of benzene rings is 6. The number of hydrogen-bond donors (Lipinski definition) is 2. The Morgan fingerprint density at radius 2 is 1.02 bits per heavy atom. The smallest absolute Gasteiger partial charge is 0.0799 e. The minimum Gasteiger partial charge on any atom is -0.357 e. The lowest BCUT2D eigenvalue weighted by Crippen LogP contribution is -2.35. The van der Waals surface area contributed by atoms with Gasteiger partial charge in [-0.1, -0.05) is 188 Å². The van der Waals surface area contributed by atoms with Gasteiger partial charge >= 0.3 is 0 Å². The summed E-state index contributed by atoms with van der Waals surface area (Å²) < 4.78 is 1.15. The molecule has 0 saturated carbocycles. The van der Waals surface area contributed by atoms with E-state index in [4.69, 9.17) is 11.1 Å². The first-order valence-corrected chi connectivity index (χ1v) is 18.2. The molecule has 50 heavy (non-hydrogen) atoms. The highest BCUT2D eigenvalue weighted by Gasteiger charge is 2.37. The molecule has 7 rings (SSSR count). The van der Waals surface area contributed by atoms with E-state index in [1.807, 2.05) is 85.8 Å². The number of nitrogens with one attached hydrogen (secondary N) is 1. The van der Waals surface area contributed by atoms with Gasteiger partial charge in [0.1, 0.15) is 0 Å². The van der Waals surface area contributed by atoms with Crippen LogP contribution in [0.2, 0.25) is 0 Å². The number of nitrogens with two attached hydrogens (primary N) is 1. The van der Waals surface area contributed by atoms with Gasteiger partial charge in [-0.2, -0.15) is 0 Å². The van der Waals surface area contributed by atoms with Crippen molar-refractivity contribution in [2.45, 2.75) is 57.7 Å². The summed E-state index contributed by atoms with van der Waals surface area (Å²) in [6, 6.07) is 59.3. The molecule has 0 aromatic heterocycles. The molecule has 1 aliphatic rings. The molecular weight excluding hydrogens is 674 g/mol. The average molecular weight is 723 g/mol. The summed E-state index contributed by atoms with van der Waals surface area (Å²) in [5, 5.41) is 7.97. The van der Waals surface area contributed by atoms with Crippen molar-refractivity contribution < 1.29 is 0 Å². The van der Waals surface area contributed by atoms with Gasteiger partial charge in [0.05, 0.1) is 11.8 Å². The first kappa shape index (κ1) is 36.5. The van der Waals surface area contributed by atoms with Crippen molar-refractivity contribution in [1.82, 2.24) is 0 Å². The van der Waals surface area contributed by atoms with Crippen molar-refractivity contribution in [3.05, 3.63) is 208 Å². The molecule has 0 bridgehead atoms. The Kier molecular flexibility index (Phi) is 13.0. The van der Waals surface area contributed by atoms with Gasteiger partial charge < -0.3 is 10.6 Å². The van der Waals surface area contributed by atoms with Gasteiger partial charge in [0, 0.05) is 28.2 Å². The molecule has 254 valence electrons. The van der Waals surface area contributed by atoms with Gasteiger partial charge in [0.15, 0.2) is 0 Å². The van der Waals surface area contributed by atoms with Crippen molar-refractivity contribution in [3.63, 3.8) is 0 Å². The Labute approximate surface area is 307 Å². The van der Waals surface area contributed by atoms with Crippen LogP contribution in [0.5, 0.6) is 0 Å². The molecule has 3 N–H and O–H groups in total. The van der Waals surface area contributed by atoms with Crippen LogP contribution in [0.25, 0.3) is 0 Å². The van der Waals surface area contributed by atoms with E-state index in [-0.39, 0.29) is 12.1 Å². The van der Waals surface area contributed by atoms with Gasteiger partial charge in [0.25, 0.3) is 0 Å². The molecule has 1 heterocycles. The zero-order valence-corrected chi connectivity index (χ0v) is 31.0. The summed E-state index contributed by atoms with van der Waals surface area (Å²) in [5.74, 6) is 0.941. The van der Waals surface area contributed by atoms with Crippen LogP contribution in [0.4, 0.5) is 5.69 Å². The molecule has 3 nitrogen and oxygen atoms in total. The number of nitrogens with zero attached hydrogens (tertiary/aromatic N) is 1. The quantitative estimate of drug-likeness (QED) is 0.161. The molecule has 6 aromatic carbocycles. The molecule has 0 amide bonds. The monoisotopic (exact) mass is 721 g/mol. The molecule has 4 heteroatoms. The lowest BCUT2D eigenvalue weighted by Gasteiger charge is -2.36. The third kappa shape index (κ3) is 8.87. The number of anilines is 1. The van der Waals surface area contributed by atoms with E-state index >= 15 is 0 Å². The molecule has 0 spiro atoms. The predicted molar refractivity (Wildman–Crippen MR) is 217 cm³/mol. The van der Waals surface area contributed by atoms with Crippen LogP contribution >= 0.6 is 15.9 Å². The second-order valence-electron chi connectivity index (χ2n) is 13.0. The second-order valence-corrected chi connectivity index (χ2v) is 13.8. The van der Waals surface area contributed by atoms with Crippen molar-refractivity contribution in [3.8, 4) is 0 Å². The van der Waals surface area contributed by atoms with Crippen LogP contribution in [0, 0.1) is 5.41 Å². The van der Waals surface area contributed by atoms with E-state index < -0.39 is 0 Å². The van der Waals surface area contributed by atoms with E-state index in [1.165, 1.54) is 27.9 Å². The zero-order valence-electron chi connectivity index (χ0n) is 29.5. The van der Waals surface area contributed by atoms with Gasteiger partial charge in [-0.25, -0.2) is 0 Å². The first-order chi connectivity index (χ1) is 24.3. The van der Waals surface area contributed by atoms with E-state index in [0.29, 0.717) is 23.6 Å². The summed E-state index contributed by atoms with van der Waals surface area (Å²) in [7, 11) is 0. The number of para-hydroxylation sites is 1. The maximum Gasteiger partial charge on any atom is 0.0799 e. The third-order valence-electron chi connectivity index (χ3n) is 9.69. The summed E-state index contributed by atoms with van der Waals surface area (Å²) in [6.07, 6.45) is 0. The first-order valence-electron chi connectivity index (χ1n) is 17.4. The molecule has 0 unspecified atom stereocenters. The Morgan fingerprint density at radius 3 is 1.50 bits per heavy atom. The number of halogens is 1. The van der Waals surface area contributed by atoms with E-state index in [0.717, 1.165) is 15.6 Å². The summed E-state index contributed by atoms with van der Waals surface area (Å²) >= 11 is 3.51. The topological polar surface area (TPSA) is 53.1 Å². The molecule has 0 fully saturated rings. The van der Waals surface area contributed by atoms with E-state index in [2.05, 4.69) is 133 Å². The van der Waals surface area contributed by atoms with Crippen LogP contribution < -0.4 is 10.6 Å². The fraction of sp³-hybridized carbons (Fsp3) is 0.196. The lowest BCUT2D eigenvalue weighted by molar-refractivity contribution is 0.558. The van der Waals surface area contributed by atoms with Gasteiger partial charge in [-0.3, -0.25) is 5.41 Å². The van der Waals surface area contributed by atoms with Gasteiger partial charge in [-0.05, 0) is 65.3 Å². The maximum atomic E-state index is 7.97. The Bertz CT molecular complexity index is 1830. The molecule has 0 radical (unpaired) electrons. The summed E-state index contributed by atoms with van der Waals surface area (Å²) in [6.45, 7) is 8.87. The molecule has 0 aliphatic carbocycles. The zero-order chi connectivity index (χ0) is 35.5. The lowest BCUT2D eigenvalue weighted by atomic mass is 9.95. The van der Waals surface area contributed by atoms with Crippen LogP contribution in [-0.4, -0.2) is 17.8 Å². The number of fused-ring (bicyclic) bond motifs is 1. The predicted octanol–water partition coefficient (Wildman–Crippen LogP) is 11.8. The SMILES string of the molecule is C[C@@H]1c2ccccc2N(C(c2ccccc2)c2ccccc2)[C@H]1C.C[C@H](N)[C@H](C)c1ccccc1Br.N=C(c1ccccc1)c1ccccc1. The Hall–Kier alpha value is -4.77.